The van der Waals surface area contributed by atoms with Gasteiger partial charge < -0.3 is 4.74 Å². The van der Waals surface area contributed by atoms with E-state index in [0.717, 1.165) is 6.42 Å². The van der Waals surface area contributed by atoms with E-state index in [2.05, 4.69) is 17.9 Å². The number of carbonyl (C=O) groups excluding carboxylic acids is 1. The highest BCUT2D eigenvalue weighted by Gasteiger charge is 1.95. The minimum absolute atomic E-state index is 0.228. The number of rotatable bonds is 5. The maximum Gasteiger partial charge on any atom is 0.330 e. The third kappa shape index (κ3) is 4.50. The molecule has 0 aromatic heterocycles. The van der Waals surface area contributed by atoms with Crippen LogP contribution in [-0.2, 0) is 9.53 Å². The molecule has 0 heterocycles. The van der Waals surface area contributed by atoms with E-state index >= 15 is 0 Å². The summed E-state index contributed by atoms with van der Waals surface area (Å²) in [5, 5.41) is 0. The van der Waals surface area contributed by atoms with Gasteiger partial charge in [-0.2, -0.15) is 0 Å². The molecule has 0 spiro atoms. The van der Waals surface area contributed by atoms with Crippen LogP contribution in [0.25, 0.3) is 0 Å². The first-order chi connectivity index (χ1) is 5.74. The van der Waals surface area contributed by atoms with Crippen LogP contribution >= 0.6 is 0 Å². The van der Waals surface area contributed by atoms with Gasteiger partial charge in [0, 0.05) is 6.08 Å². The number of methoxy groups -OCH3 is 1. The highest BCUT2D eigenvalue weighted by molar-refractivity contribution is 5.81. The standard InChI is InChI=1S/C10H14O2/c1-4-9(5-2)7-6-8-10(11)12-3/h4-6,8-9H,1-2,7H2,3H3/b8-6+. The molecule has 0 aromatic rings. The average Bonchev–Trinajstić information content (AvgIpc) is 2.12. The molecular formula is C10H14O2. The highest BCUT2D eigenvalue weighted by Crippen LogP contribution is 2.05. The molecule has 0 amide bonds. The first-order valence-corrected chi connectivity index (χ1v) is 3.74. The fourth-order valence-corrected chi connectivity index (χ4v) is 0.678. The van der Waals surface area contributed by atoms with Gasteiger partial charge in [-0.1, -0.05) is 18.2 Å². The Morgan fingerprint density at radius 1 is 1.50 bits per heavy atom. The quantitative estimate of drug-likeness (QED) is 0.355. The highest BCUT2D eigenvalue weighted by atomic mass is 16.5. The van der Waals surface area contributed by atoms with E-state index in [1.54, 1.807) is 18.2 Å². The molecule has 2 heteroatoms. The lowest BCUT2D eigenvalue weighted by molar-refractivity contribution is -0.134. The SMILES string of the molecule is C=CC(C=C)C/C=C/C(=O)OC. The second-order valence-electron chi connectivity index (χ2n) is 2.30. The minimum atomic E-state index is -0.332. The summed E-state index contributed by atoms with van der Waals surface area (Å²) in [6.07, 6.45) is 7.46. The largest absolute Gasteiger partial charge is 0.466 e. The molecule has 0 rings (SSSR count). The van der Waals surface area contributed by atoms with Gasteiger partial charge in [-0.15, -0.1) is 13.2 Å². The van der Waals surface area contributed by atoms with E-state index in [1.165, 1.54) is 13.2 Å². The Labute approximate surface area is 73.2 Å². The number of esters is 1. The van der Waals surface area contributed by atoms with Crippen molar-refractivity contribution in [1.82, 2.24) is 0 Å². The van der Waals surface area contributed by atoms with Crippen molar-refractivity contribution in [2.75, 3.05) is 7.11 Å². The Bertz CT molecular complexity index is 184. The number of allylic oxidation sites excluding steroid dienone is 3. The van der Waals surface area contributed by atoms with Gasteiger partial charge in [0.25, 0.3) is 0 Å². The monoisotopic (exact) mass is 166 g/mol. The molecule has 0 atom stereocenters. The maximum absolute atomic E-state index is 10.6. The van der Waals surface area contributed by atoms with Crippen LogP contribution in [0.1, 0.15) is 6.42 Å². The van der Waals surface area contributed by atoms with E-state index in [-0.39, 0.29) is 11.9 Å². The summed E-state index contributed by atoms with van der Waals surface area (Å²) >= 11 is 0. The van der Waals surface area contributed by atoms with Crippen molar-refractivity contribution in [2.45, 2.75) is 6.42 Å². The summed E-state index contributed by atoms with van der Waals surface area (Å²) in [4.78, 5) is 10.6. The maximum atomic E-state index is 10.6. The molecule has 66 valence electrons. The van der Waals surface area contributed by atoms with Crippen LogP contribution in [0.3, 0.4) is 0 Å². The zero-order valence-corrected chi connectivity index (χ0v) is 7.32. The molecule has 0 bridgehead atoms. The van der Waals surface area contributed by atoms with Gasteiger partial charge in [-0.3, -0.25) is 0 Å². The average molecular weight is 166 g/mol. The van der Waals surface area contributed by atoms with Crippen LogP contribution in [0.2, 0.25) is 0 Å². The molecule has 0 saturated carbocycles. The third-order valence-corrected chi connectivity index (χ3v) is 1.47. The van der Waals surface area contributed by atoms with Crippen molar-refractivity contribution in [1.29, 1.82) is 0 Å². The van der Waals surface area contributed by atoms with Crippen molar-refractivity contribution in [3.05, 3.63) is 37.5 Å². The summed E-state index contributed by atoms with van der Waals surface area (Å²) in [5.74, 6) is -0.104. The molecule has 0 aliphatic heterocycles. The van der Waals surface area contributed by atoms with Crippen molar-refractivity contribution in [2.24, 2.45) is 5.92 Å². The number of carbonyl (C=O) groups is 1. The van der Waals surface area contributed by atoms with Crippen LogP contribution in [0.15, 0.2) is 37.5 Å². The van der Waals surface area contributed by atoms with Crippen LogP contribution < -0.4 is 0 Å². The molecule has 0 aromatic carbocycles. The molecule has 0 N–H and O–H groups in total. The predicted octanol–water partition coefficient (Wildman–Crippen LogP) is 2.09. The van der Waals surface area contributed by atoms with E-state index in [4.69, 9.17) is 0 Å². The van der Waals surface area contributed by atoms with Gasteiger partial charge in [0.05, 0.1) is 7.11 Å². The molecule has 0 radical (unpaired) electrons. The Morgan fingerprint density at radius 2 is 2.08 bits per heavy atom. The Morgan fingerprint density at radius 3 is 2.50 bits per heavy atom. The zero-order chi connectivity index (χ0) is 9.40. The van der Waals surface area contributed by atoms with E-state index in [9.17, 15) is 4.79 Å². The summed E-state index contributed by atoms with van der Waals surface area (Å²) in [7, 11) is 1.35. The van der Waals surface area contributed by atoms with Crippen molar-refractivity contribution in [3.63, 3.8) is 0 Å². The molecule has 0 fully saturated rings. The van der Waals surface area contributed by atoms with Gasteiger partial charge in [0.15, 0.2) is 0 Å². The van der Waals surface area contributed by atoms with Crippen molar-refractivity contribution >= 4 is 5.97 Å². The third-order valence-electron chi connectivity index (χ3n) is 1.47. The summed E-state index contributed by atoms with van der Waals surface area (Å²) in [6.45, 7) is 7.26. The van der Waals surface area contributed by atoms with E-state index in [1.807, 2.05) is 0 Å². The van der Waals surface area contributed by atoms with Gasteiger partial charge in [-0.05, 0) is 12.3 Å². The summed E-state index contributed by atoms with van der Waals surface area (Å²) < 4.78 is 4.42. The van der Waals surface area contributed by atoms with E-state index < -0.39 is 0 Å². The molecular weight excluding hydrogens is 152 g/mol. The lowest BCUT2D eigenvalue weighted by Gasteiger charge is -1.99. The molecule has 2 nitrogen and oxygen atoms in total. The fraction of sp³-hybridized carbons (Fsp3) is 0.300. The van der Waals surface area contributed by atoms with Crippen LogP contribution in [-0.4, -0.2) is 13.1 Å². The van der Waals surface area contributed by atoms with Crippen molar-refractivity contribution < 1.29 is 9.53 Å². The second kappa shape index (κ2) is 6.40. The summed E-state index contributed by atoms with van der Waals surface area (Å²) in [5.41, 5.74) is 0. The number of hydrogen-bond acceptors (Lipinski definition) is 2. The lowest BCUT2D eigenvalue weighted by atomic mass is 10.1. The van der Waals surface area contributed by atoms with Gasteiger partial charge in [-0.25, -0.2) is 4.79 Å². The zero-order valence-electron chi connectivity index (χ0n) is 7.32. The lowest BCUT2D eigenvalue weighted by Crippen LogP contribution is -1.94. The first kappa shape index (κ1) is 10.7. The van der Waals surface area contributed by atoms with Gasteiger partial charge >= 0.3 is 5.97 Å². The predicted molar refractivity (Wildman–Crippen MR) is 49.7 cm³/mol. The normalized spacial score (nSPS) is 10.2. The molecule has 0 saturated heterocycles. The van der Waals surface area contributed by atoms with Crippen LogP contribution in [0, 0.1) is 5.92 Å². The Hall–Kier alpha value is -1.31. The molecule has 0 aliphatic rings. The minimum Gasteiger partial charge on any atom is -0.466 e. The van der Waals surface area contributed by atoms with Crippen molar-refractivity contribution in [3.8, 4) is 0 Å². The molecule has 12 heavy (non-hydrogen) atoms. The smallest absolute Gasteiger partial charge is 0.330 e. The van der Waals surface area contributed by atoms with Crippen LogP contribution in [0.5, 0.6) is 0 Å². The molecule has 0 unspecified atom stereocenters. The number of ether oxygens (including phenoxy) is 1. The fourth-order valence-electron chi connectivity index (χ4n) is 0.678. The first-order valence-electron chi connectivity index (χ1n) is 3.74. The second-order valence-corrected chi connectivity index (χ2v) is 2.30. The Balaban J connectivity index is 3.79. The molecule has 0 aliphatic carbocycles. The van der Waals surface area contributed by atoms with Gasteiger partial charge in [0.2, 0.25) is 0 Å². The van der Waals surface area contributed by atoms with E-state index in [0.29, 0.717) is 0 Å². The van der Waals surface area contributed by atoms with Gasteiger partial charge in [0.1, 0.15) is 0 Å². The Kier molecular flexibility index (Phi) is 5.70. The topological polar surface area (TPSA) is 26.3 Å². The number of hydrogen-bond donors (Lipinski definition) is 0. The van der Waals surface area contributed by atoms with Crippen LogP contribution in [0.4, 0.5) is 0 Å². The summed E-state index contributed by atoms with van der Waals surface area (Å²) in [6, 6.07) is 0.